The molecule has 2 amide bonds. The lowest BCUT2D eigenvalue weighted by Crippen LogP contribution is -2.53. The van der Waals surface area contributed by atoms with E-state index in [1.165, 1.54) is 30.2 Å². The first-order valence-electron chi connectivity index (χ1n) is 14.3. The Labute approximate surface area is 264 Å². The fourth-order valence-corrected chi connectivity index (χ4v) is 6.99. The van der Waals surface area contributed by atoms with Crippen LogP contribution >= 0.6 is 23.2 Å². The molecule has 0 bridgehead atoms. The number of sulfonamides is 1. The number of nitrogens with one attached hydrogen (secondary N) is 1. The molecule has 8 nitrogen and oxygen atoms in total. The molecule has 3 aromatic rings. The molecular formula is C32H37Cl2N3O5S. The van der Waals surface area contributed by atoms with E-state index in [9.17, 15) is 18.0 Å². The summed E-state index contributed by atoms with van der Waals surface area (Å²) < 4.78 is 34.8. The van der Waals surface area contributed by atoms with Crippen molar-refractivity contribution in [3.05, 3.63) is 87.9 Å². The summed E-state index contributed by atoms with van der Waals surface area (Å²) in [5.74, 6) is -0.589. The van der Waals surface area contributed by atoms with Crippen molar-refractivity contribution in [1.82, 2.24) is 10.2 Å². The van der Waals surface area contributed by atoms with E-state index in [1.54, 1.807) is 48.5 Å². The number of halogens is 2. The molecule has 11 heteroatoms. The van der Waals surface area contributed by atoms with Gasteiger partial charge < -0.3 is 15.0 Å². The summed E-state index contributed by atoms with van der Waals surface area (Å²) >= 11 is 12.4. The summed E-state index contributed by atoms with van der Waals surface area (Å²) in [6.07, 6.45) is 4.21. The molecule has 0 saturated heterocycles. The maximum absolute atomic E-state index is 14.3. The van der Waals surface area contributed by atoms with Crippen molar-refractivity contribution in [3.8, 4) is 5.75 Å². The molecule has 1 saturated carbocycles. The number of carbonyl (C=O) groups excluding carboxylic acids is 2. The van der Waals surface area contributed by atoms with E-state index in [-0.39, 0.29) is 39.8 Å². The number of rotatable bonds is 12. The van der Waals surface area contributed by atoms with Crippen molar-refractivity contribution in [2.75, 3.05) is 18.0 Å². The Balaban J connectivity index is 1.76. The van der Waals surface area contributed by atoms with Crippen LogP contribution in [0.3, 0.4) is 0 Å². The van der Waals surface area contributed by atoms with E-state index < -0.39 is 28.5 Å². The second kappa shape index (κ2) is 14.5. The highest BCUT2D eigenvalue weighted by atomic mass is 35.5. The van der Waals surface area contributed by atoms with Gasteiger partial charge in [-0.2, -0.15) is 0 Å². The van der Waals surface area contributed by atoms with Crippen LogP contribution in [0.4, 0.5) is 5.69 Å². The lowest BCUT2D eigenvalue weighted by Gasteiger charge is -2.34. The van der Waals surface area contributed by atoms with Gasteiger partial charge in [-0.05, 0) is 74.2 Å². The van der Waals surface area contributed by atoms with Gasteiger partial charge in [0, 0.05) is 22.6 Å². The molecular weight excluding hydrogens is 609 g/mol. The Morgan fingerprint density at radius 2 is 1.60 bits per heavy atom. The zero-order valence-electron chi connectivity index (χ0n) is 24.6. The monoisotopic (exact) mass is 645 g/mol. The summed E-state index contributed by atoms with van der Waals surface area (Å²) in [5, 5.41) is 3.92. The highest BCUT2D eigenvalue weighted by molar-refractivity contribution is 7.92. The van der Waals surface area contributed by atoms with Gasteiger partial charge in [-0.3, -0.25) is 13.9 Å². The lowest BCUT2D eigenvalue weighted by atomic mass is 10.1. The highest BCUT2D eigenvalue weighted by Crippen LogP contribution is 2.35. The smallest absolute Gasteiger partial charge is 0.264 e. The van der Waals surface area contributed by atoms with E-state index >= 15 is 0 Å². The second-order valence-corrected chi connectivity index (χ2v) is 13.4. The largest absolute Gasteiger partial charge is 0.495 e. The average Bonchev–Trinajstić information content (AvgIpc) is 3.50. The minimum Gasteiger partial charge on any atom is -0.495 e. The maximum atomic E-state index is 14.3. The summed E-state index contributed by atoms with van der Waals surface area (Å²) in [5.41, 5.74) is 1.74. The van der Waals surface area contributed by atoms with Gasteiger partial charge in [-0.15, -0.1) is 0 Å². The molecule has 3 aromatic carbocycles. The van der Waals surface area contributed by atoms with E-state index in [1.807, 2.05) is 13.8 Å². The third kappa shape index (κ3) is 8.02. The van der Waals surface area contributed by atoms with Gasteiger partial charge in [0.15, 0.2) is 0 Å². The molecule has 0 aliphatic heterocycles. The standard InChI is InChI=1S/C32H37Cl2N3O5S/c1-4-28(32(39)35-26-7-5-6-8-26)36(20-23-11-13-24(33)14-12-23)31(38)21-37(29-19-25(34)15-18-30(29)42-3)43(40,41)27-16-9-22(2)10-17-27/h9-19,26,28H,4-8,20-21H2,1-3H3,(H,35,39)/t28-/m1/s1. The molecule has 0 radical (unpaired) electrons. The van der Waals surface area contributed by atoms with E-state index in [4.69, 9.17) is 27.9 Å². The van der Waals surface area contributed by atoms with Gasteiger partial charge in [-0.1, -0.05) is 72.8 Å². The van der Waals surface area contributed by atoms with Crippen molar-refractivity contribution >= 4 is 50.7 Å². The van der Waals surface area contributed by atoms with E-state index in [0.717, 1.165) is 41.1 Å². The summed E-state index contributed by atoms with van der Waals surface area (Å²) in [6, 6.07) is 17.2. The van der Waals surface area contributed by atoms with Crippen LogP contribution in [0, 0.1) is 6.92 Å². The van der Waals surface area contributed by atoms with Crippen molar-refractivity contribution in [2.24, 2.45) is 0 Å². The number of hydrogen-bond donors (Lipinski definition) is 1. The number of benzene rings is 3. The molecule has 1 atom stereocenters. The van der Waals surface area contributed by atoms with Crippen molar-refractivity contribution < 1.29 is 22.7 Å². The van der Waals surface area contributed by atoms with Crippen LogP contribution in [0.15, 0.2) is 71.6 Å². The van der Waals surface area contributed by atoms with Crippen LogP contribution in [0.25, 0.3) is 0 Å². The van der Waals surface area contributed by atoms with Gasteiger partial charge in [0.05, 0.1) is 17.7 Å². The molecule has 0 heterocycles. The third-order valence-electron chi connectivity index (χ3n) is 7.65. The zero-order chi connectivity index (χ0) is 31.1. The predicted molar refractivity (Wildman–Crippen MR) is 170 cm³/mol. The number of methoxy groups -OCH3 is 1. The Morgan fingerprint density at radius 3 is 2.21 bits per heavy atom. The molecule has 0 unspecified atom stereocenters. The predicted octanol–water partition coefficient (Wildman–Crippen LogP) is 6.37. The van der Waals surface area contributed by atoms with Gasteiger partial charge in [0.25, 0.3) is 10.0 Å². The summed E-state index contributed by atoms with van der Waals surface area (Å²) in [7, 11) is -2.85. The number of anilines is 1. The van der Waals surface area contributed by atoms with Gasteiger partial charge in [-0.25, -0.2) is 8.42 Å². The quantitative estimate of drug-likeness (QED) is 0.247. The first-order valence-corrected chi connectivity index (χ1v) is 16.5. The van der Waals surface area contributed by atoms with Crippen LogP contribution in [0.5, 0.6) is 5.75 Å². The molecule has 0 aromatic heterocycles. The molecule has 230 valence electrons. The molecule has 0 spiro atoms. The van der Waals surface area contributed by atoms with E-state index in [0.29, 0.717) is 11.4 Å². The number of ether oxygens (including phenoxy) is 1. The van der Waals surface area contributed by atoms with Crippen molar-refractivity contribution in [1.29, 1.82) is 0 Å². The van der Waals surface area contributed by atoms with Crippen LogP contribution in [0.2, 0.25) is 10.0 Å². The van der Waals surface area contributed by atoms with Crippen LogP contribution in [0.1, 0.15) is 50.2 Å². The normalized spacial score (nSPS) is 14.3. The molecule has 1 aliphatic rings. The Hall–Kier alpha value is -3.27. The number of nitrogens with zero attached hydrogens (tertiary/aromatic N) is 2. The fourth-order valence-electron chi connectivity index (χ4n) is 5.28. The SMILES string of the molecule is CC[C@H](C(=O)NC1CCCC1)N(Cc1ccc(Cl)cc1)C(=O)CN(c1cc(Cl)ccc1OC)S(=O)(=O)c1ccc(C)cc1. The van der Waals surface area contributed by atoms with Crippen LogP contribution in [-0.2, 0) is 26.2 Å². The van der Waals surface area contributed by atoms with Crippen molar-refractivity contribution in [3.63, 3.8) is 0 Å². The van der Waals surface area contributed by atoms with Gasteiger partial charge in [0.2, 0.25) is 11.8 Å². The van der Waals surface area contributed by atoms with E-state index in [2.05, 4.69) is 5.32 Å². The Kier molecular flexibility index (Phi) is 11.0. The Bertz CT molecular complexity index is 1530. The van der Waals surface area contributed by atoms with Crippen LogP contribution < -0.4 is 14.4 Å². The van der Waals surface area contributed by atoms with Crippen LogP contribution in [-0.4, -0.2) is 50.9 Å². The molecule has 1 aliphatic carbocycles. The van der Waals surface area contributed by atoms with Crippen molar-refractivity contribution in [2.45, 2.75) is 69.5 Å². The third-order valence-corrected chi connectivity index (χ3v) is 9.91. The lowest BCUT2D eigenvalue weighted by molar-refractivity contribution is -0.140. The first kappa shape index (κ1) is 32.6. The highest BCUT2D eigenvalue weighted by Gasteiger charge is 2.35. The fraction of sp³-hybridized carbons (Fsp3) is 0.375. The maximum Gasteiger partial charge on any atom is 0.264 e. The average molecular weight is 647 g/mol. The van der Waals surface area contributed by atoms with Gasteiger partial charge in [0.1, 0.15) is 18.3 Å². The number of amides is 2. The molecule has 1 fully saturated rings. The zero-order valence-corrected chi connectivity index (χ0v) is 26.9. The number of aryl methyl sites for hydroxylation is 1. The molecule has 1 N–H and O–H groups in total. The first-order chi connectivity index (χ1) is 20.5. The summed E-state index contributed by atoms with van der Waals surface area (Å²) in [4.78, 5) is 29.3. The van der Waals surface area contributed by atoms with Gasteiger partial charge >= 0.3 is 0 Å². The minimum atomic E-state index is -4.27. The summed E-state index contributed by atoms with van der Waals surface area (Å²) in [6.45, 7) is 3.18. The number of carbonyl (C=O) groups is 2. The Morgan fingerprint density at radius 1 is 0.977 bits per heavy atom. The number of hydrogen-bond acceptors (Lipinski definition) is 5. The minimum absolute atomic E-state index is 0.00296. The molecule has 43 heavy (non-hydrogen) atoms. The molecule has 4 rings (SSSR count). The second-order valence-electron chi connectivity index (χ2n) is 10.7. The topological polar surface area (TPSA) is 96.0 Å².